The number of benzene rings is 1. The Kier molecular flexibility index (Phi) is 3.09. The van der Waals surface area contributed by atoms with E-state index in [0.29, 0.717) is 5.69 Å². The van der Waals surface area contributed by atoms with Crippen LogP contribution in [0.1, 0.15) is 16.2 Å². The summed E-state index contributed by atoms with van der Waals surface area (Å²) in [5, 5.41) is 8.70. The SMILES string of the molecule is O=C(O)c1ccc(COc2ccccc2F)[nH]1. The van der Waals surface area contributed by atoms with Gasteiger partial charge in [-0.3, -0.25) is 0 Å². The standard InChI is InChI=1S/C12H10FNO3/c13-9-3-1-2-4-11(9)17-7-8-5-6-10(14-8)12(15)16/h1-6,14H,7H2,(H,15,16). The number of carboxylic acid groups (broad SMARTS) is 1. The van der Waals surface area contributed by atoms with Crippen molar-refractivity contribution in [3.63, 3.8) is 0 Å². The first-order chi connectivity index (χ1) is 8.16. The van der Waals surface area contributed by atoms with Crippen LogP contribution in [-0.4, -0.2) is 16.1 Å². The van der Waals surface area contributed by atoms with Gasteiger partial charge < -0.3 is 14.8 Å². The zero-order chi connectivity index (χ0) is 12.3. The Bertz CT molecular complexity index is 536. The Labute approximate surface area is 96.7 Å². The molecule has 2 rings (SSSR count). The van der Waals surface area contributed by atoms with Crippen LogP contribution in [0.4, 0.5) is 4.39 Å². The van der Waals surface area contributed by atoms with E-state index < -0.39 is 11.8 Å². The Morgan fingerprint density at radius 1 is 1.29 bits per heavy atom. The van der Waals surface area contributed by atoms with E-state index in [1.165, 1.54) is 18.2 Å². The lowest BCUT2D eigenvalue weighted by Crippen LogP contribution is -2.00. The average molecular weight is 235 g/mol. The number of H-pyrrole nitrogens is 1. The van der Waals surface area contributed by atoms with E-state index in [0.717, 1.165) is 0 Å². The lowest BCUT2D eigenvalue weighted by Gasteiger charge is -2.05. The fourth-order valence-corrected chi connectivity index (χ4v) is 1.37. The normalized spacial score (nSPS) is 10.2. The van der Waals surface area contributed by atoms with Crippen molar-refractivity contribution in [3.05, 3.63) is 53.6 Å². The molecular formula is C12H10FNO3. The molecule has 0 aliphatic carbocycles. The molecule has 4 nitrogen and oxygen atoms in total. The smallest absolute Gasteiger partial charge is 0.352 e. The van der Waals surface area contributed by atoms with Crippen molar-refractivity contribution in [1.82, 2.24) is 4.98 Å². The number of para-hydroxylation sites is 1. The second kappa shape index (κ2) is 4.69. The number of halogens is 1. The number of aromatic amines is 1. The first-order valence-electron chi connectivity index (χ1n) is 4.95. The fourth-order valence-electron chi connectivity index (χ4n) is 1.37. The molecule has 0 bridgehead atoms. The van der Waals surface area contributed by atoms with Crippen LogP contribution in [0.25, 0.3) is 0 Å². The van der Waals surface area contributed by atoms with E-state index in [4.69, 9.17) is 9.84 Å². The van der Waals surface area contributed by atoms with Gasteiger partial charge in [0.1, 0.15) is 12.3 Å². The van der Waals surface area contributed by atoms with Crippen molar-refractivity contribution in [2.45, 2.75) is 6.61 Å². The molecule has 88 valence electrons. The molecule has 0 atom stereocenters. The fraction of sp³-hybridized carbons (Fsp3) is 0.0833. The van der Waals surface area contributed by atoms with Gasteiger partial charge in [-0.25, -0.2) is 9.18 Å². The second-order valence-electron chi connectivity index (χ2n) is 3.42. The maximum Gasteiger partial charge on any atom is 0.352 e. The number of carboxylic acids is 1. The molecule has 0 unspecified atom stereocenters. The molecule has 0 saturated heterocycles. The van der Waals surface area contributed by atoms with E-state index in [-0.39, 0.29) is 18.1 Å². The molecule has 0 fully saturated rings. The number of hydrogen-bond acceptors (Lipinski definition) is 2. The van der Waals surface area contributed by atoms with Crippen LogP contribution in [0.3, 0.4) is 0 Å². The summed E-state index contributed by atoms with van der Waals surface area (Å²) in [6.45, 7) is 0.0915. The van der Waals surface area contributed by atoms with Gasteiger partial charge in [0.05, 0.1) is 5.69 Å². The summed E-state index contributed by atoms with van der Waals surface area (Å²) in [6.07, 6.45) is 0. The van der Waals surface area contributed by atoms with Gasteiger partial charge in [-0.2, -0.15) is 0 Å². The number of nitrogens with one attached hydrogen (secondary N) is 1. The summed E-state index contributed by atoms with van der Waals surface area (Å²) in [5.74, 6) is -1.35. The van der Waals surface area contributed by atoms with Gasteiger partial charge in [0.25, 0.3) is 0 Å². The Morgan fingerprint density at radius 3 is 2.71 bits per heavy atom. The quantitative estimate of drug-likeness (QED) is 0.855. The third-order valence-corrected chi connectivity index (χ3v) is 2.20. The molecule has 17 heavy (non-hydrogen) atoms. The van der Waals surface area contributed by atoms with Crippen LogP contribution in [0.5, 0.6) is 5.75 Å². The van der Waals surface area contributed by atoms with Gasteiger partial charge in [-0.1, -0.05) is 12.1 Å². The van der Waals surface area contributed by atoms with Gasteiger partial charge >= 0.3 is 5.97 Å². The summed E-state index contributed by atoms with van der Waals surface area (Å²) >= 11 is 0. The van der Waals surface area contributed by atoms with Gasteiger partial charge in [0.2, 0.25) is 0 Å². The summed E-state index contributed by atoms with van der Waals surface area (Å²) in [6, 6.07) is 9.06. The second-order valence-corrected chi connectivity index (χ2v) is 3.42. The highest BCUT2D eigenvalue weighted by Gasteiger charge is 2.07. The van der Waals surface area contributed by atoms with Gasteiger partial charge in [0.15, 0.2) is 11.6 Å². The van der Waals surface area contributed by atoms with E-state index in [2.05, 4.69) is 4.98 Å². The molecule has 0 aliphatic heterocycles. The number of rotatable bonds is 4. The highest BCUT2D eigenvalue weighted by atomic mass is 19.1. The van der Waals surface area contributed by atoms with Crippen molar-refractivity contribution < 1.29 is 19.0 Å². The lowest BCUT2D eigenvalue weighted by atomic mass is 10.3. The predicted molar refractivity (Wildman–Crippen MR) is 58.5 cm³/mol. The molecule has 2 aromatic rings. The van der Waals surface area contributed by atoms with Crippen LogP contribution in [0, 0.1) is 5.82 Å². The van der Waals surface area contributed by atoms with Crippen LogP contribution in [0.2, 0.25) is 0 Å². The first kappa shape index (κ1) is 11.2. The van der Waals surface area contributed by atoms with Crippen molar-refractivity contribution in [1.29, 1.82) is 0 Å². The van der Waals surface area contributed by atoms with Gasteiger partial charge in [0, 0.05) is 0 Å². The van der Waals surface area contributed by atoms with Crippen LogP contribution >= 0.6 is 0 Å². The topological polar surface area (TPSA) is 62.3 Å². The minimum atomic E-state index is -1.04. The van der Waals surface area contributed by atoms with E-state index in [1.807, 2.05) is 0 Å². The minimum absolute atomic E-state index is 0.0807. The third kappa shape index (κ3) is 2.63. The molecule has 0 saturated carbocycles. The zero-order valence-electron chi connectivity index (χ0n) is 8.81. The maximum absolute atomic E-state index is 13.2. The molecular weight excluding hydrogens is 225 g/mol. The predicted octanol–water partition coefficient (Wildman–Crippen LogP) is 2.43. The van der Waals surface area contributed by atoms with Crippen molar-refractivity contribution in [3.8, 4) is 5.75 Å². The molecule has 1 heterocycles. The molecule has 0 aliphatic rings. The highest BCUT2D eigenvalue weighted by molar-refractivity contribution is 5.85. The first-order valence-corrected chi connectivity index (χ1v) is 4.95. The number of aromatic carboxylic acids is 1. The zero-order valence-corrected chi connectivity index (χ0v) is 8.81. The number of ether oxygens (including phenoxy) is 1. The van der Waals surface area contributed by atoms with E-state index in [1.54, 1.807) is 18.2 Å². The monoisotopic (exact) mass is 235 g/mol. The number of hydrogen-bond donors (Lipinski definition) is 2. The van der Waals surface area contributed by atoms with Gasteiger partial charge in [-0.15, -0.1) is 0 Å². The average Bonchev–Trinajstić information content (AvgIpc) is 2.77. The molecule has 1 aromatic carbocycles. The number of carbonyl (C=O) groups is 1. The summed E-state index contributed by atoms with van der Waals surface area (Å²) in [5.41, 5.74) is 0.655. The van der Waals surface area contributed by atoms with E-state index in [9.17, 15) is 9.18 Å². The number of aromatic nitrogens is 1. The summed E-state index contributed by atoms with van der Waals surface area (Å²) < 4.78 is 18.4. The Hall–Kier alpha value is -2.30. The molecule has 0 radical (unpaired) electrons. The molecule has 1 aromatic heterocycles. The summed E-state index contributed by atoms with van der Waals surface area (Å²) in [4.78, 5) is 13.3. The van der Waals surface area contributed by atoms with Crippen LogP contribution in [0.15, 0.2) is 36.4 Å². The van der Waals surface area contributed by atoms with Crippen molar-refractivity contribution in [2.24, 2.45) is 0 Å². The van der Waals surface area contributed by atoms with Crippen LogP contribution in [-0.2, 0) is 6.61 Å². The van der Waals surface area contributed by atoms with Crippen molar-refractivity contribution >= 4 is 5.97 Å². The van der Waals surface area contributed by atoms with Gasteiger partial charge in [-0.05, 0) is 24.3 Å². The maximum atomic E-state index is 13.2. The third-order valence-electron chi connectivity index (χ3n) is 2.20. The highest BCUT2D eigenvalue weighted by Crippen LogP contribution is 2.16. The largest absolute Gasteiger partial charge is 0.484 e. The Balaban J connectivity index is 2.02. The molecule has 5 heteroatoms. The Morgan fingerprint density at radius 2 is 2.06 bits per heavy atom. The van der Waals surface area contributed by atoms with E-state index >= 15 is 0 Å². The van der Waals surface area contributed by atoms with Crippen LogP contribution < -0.4 is 4.74 Å². The molecule has 2 N–H and O–H groups in total. The summed E-state index contributed by atoms with van der Waals surface area (Å²) in [7, 11) is 0. The minimum Gasteiger partial charge on any atom is -0.484 e. The van der Waals surface area contributed by atoms with Crippen molar-refractivity contribution in [2.75, 3.05) is 0 Å². The molecule has 0 spiro atoms. The lowest BCUT2D eigenvalue weighted by molar-refractivity contribution is 0.0691. The molecule has 0 amide bonds.